The molecule has 2 rings (SSSR count). The van der Waals surface area contributed by atoms with Crippen LogP contribution in [0.2, 0.25) is 0 Å². The first-order chi connectivity index (χ1) is 12.6. The number of carbonyl (C=O) groups excluding carboxylic acids is 2. The second-order valence-electron chi connectivity index (χ2n) is 8.25. The van der Waals surface area contributed by atoms with Gasteiger partial charge >= 0.3 is 0 Å². The fourth-order valence-electron chi connectivity index (χ4n) is 4.33. The van der Waals surface area contributed by atoms with Gasteiger partial charge < -0.3 is 14.8 Å². The Balaban J connectivity index is 1.46. The van der Waals surface area contributed by atoms with Crippen molar-refractivity contribution in [3.63, 3.8) is 0 Å². The molecule has 5 heteroatoms. The minimum absolute atomic E-state index is 0.125. The van der Waals surface area contributed by atoms with Gasteiger partial charge in [-0.25, -0.2) is 0 Å². The molecule has 0 aromatic heterocycles. The average Bonchev–Trinajstić information content (AvgIpc) is 2.63. The number of ketones is 1. The second kappa shape index (κ2) is 11.7. The van der Waals surface area contributed by atoms with E-state index >= 15 is 0 Å². The van der Waals surface area contributed by atoms with E-state index in [1.165, 1.54) is 25.7 Å². The van der Waals surface area contributed by atoms with Gasteiger partial charge in [0.25, 0.3) is 0 Å². The molecule has 0 aromatic rings. The molecule has 150 valence electrons. The van der Waals surface area contributed by atoms with Gasteiger partial charge in [-0.3, -0.25) is 9.59 Å². The Hall–Kier alpha value is -0.940. The van der Waals surface area contributed by atoms with Crippen molar-refractivity contribution in [1.29, 1.82) is 0 Å². The average molecular weight is 368 g/mol. The highest BCUT2D eigenvalue weighted by molar-refractivity contribution is 5.78. The number of hydrogen-bond donors (Lipinski definition) is 1. The number of carbonyl (C=O) groups is 2. The van der Waals surface area contributed by atoms with Crippen LogP contribution in [0.25, 0.3) is 0 Å². The van der Waals surface area contributed by atoms with Crippen LogP contribution in [0, 0.1) is 17.8 Å². The molecule has 0 bridgehead atoms. The third-order valence-electron chi connectivity index (χ3n) is 6.08. The van der Waals surface area contributed by atoms with Gasteiger partial charge in [0.2, 0.25) is 5.91 Å². The van der Waals surface area contributed by atoms with Crippen LogP contribution in [0.5, 0.6) is 0 Å². The lowest BCUT2D eigenvalue weighted by molar-refractivity contribution is -0.123. The van der Waals surface area contributed by atoms with E-state index in [-0.39, 0.29) is 17.9 Å². The predicted molar refractivity (Wildman–Crippen MR) is 102 cm³/mol. The largest absolute Gasteiger partial charge is 0.384 e. The van der Waals surface area contributed by atoms with E-state index in [9.17, 15) is 9.59 Å². The molecule has 2 aliphatic carbocycles. The molecule has 0 heterocycles. The molecule has 0 saturated heterocycles. The summed E-state index contributed by atoms with van der Waals surface area (Å²) in [5.74, 6) is 2.03. The molecule has 2 fully saturated rings. The van der Waals surface area contributed by atoms with Crippen molar-refractivity contribution >= 4 is 11.7 Å². The highest BCUT2D eigenvalue weighted by Crippen LogP contribution is 2.29. The Morgan fingerprint density at radius 1 is 0.923 bits per heavy atom. The molecule has 1 N–H and O–H groups in total. The summed E-state index contributed by atoms with van der Waals surface area (Å²) in [6.07, 6.45) is 9.96. The molecule has 0 unspecified atom stereocenters. The van der Waals surface area contributed by atoms with Crippen LogP contribution in [0.1, 0.15) is 71.1 Å². The summed E-state index contributed by atoms with van der Waals surface area (Å²) >= 11 is 0. The zero-order valence-electron chi connectivity index (χ0n) is 16.6. The van der Waals surface area contributed by atoms with Crippen LogP contribution in [0.3, 0.4) is 0 Å². The van der Waals surface area contributed by atoms with E-state index in [0.717, 1.165) is 51.2 Å². The van der Waals surface area contributed by atoms with E-state index in [2.05, 4.69) is 5.32 Å². The van der Waals surface area contributed by atoms with Gasteiger partial charge in [-0.2, -0.15) is 0 Å². The maximum atomic E-state index is 12.0. The zero-order chi connectivity index (χ0) is 18.8. The molecular weight excluding hydrogens is 330 g/mol. The lowest BCUT2D eigenvalue weighted by atomic mass is 9.83. The monoisotopic (exact) mass is 367 g/mol. The summed E-state index contributed by atoms with van der Waals surface area (Å²) in [6, 6.07) is 0.251. The highest BCUT2D eigenvalue weighted by atomic mass is 16.5. The Kier molecular flexibility index (Phi) is 9.62. The number of methoxy groups -OCH3 is 1. The molecule has 26 heavy (non-hydrogen) atoms. The van der Waals surface area contributed by atoms with Gasteiger partial charge in [-0.1, -0.05) is 0 Å². The minimum Gasteiger partial charge on any atom is -0.384 e. The minimum atomic E-state index is 0.125. The quantitative estimate of drug-likeness (QED) is 0.600. The van der Waals surface area contributed by atoms with E-state index in [1.807, 2.05) is 0 Å². The van der Waals surface area contributed by atoms with Crippen molar-refractivity contribution in [1.82, 2.24) is 5.32 Å². The molecule has 1 amide bonds. The fourth-order valence-corrected chi connectivity index (χ4v) is 4.33. The van der Waals surface area contributed by atoms with Crippen LogP contribution in [0.4, 0.5) is 0 Å². The van der Waals surface area contributed by atoms with Crippen molar-refractivity contribution in [2.45, 2.75) is 77.2 Å². The Morgan fingerprint density at radius 2 is 1.54 bits per heavy atom. The highest BCUT2D eigenvalue weighted by Gasteiger charge is 2.25. The first kappa shape index (κ1) is 21.4. The van der Waals surface area contributed by atoms with Crippen molar-refractivity contribution < 1.29 is 19.1 Å². The Labute approximate surface area is 158 Å². The normalized spacial score (nSPS) is 29.3. The molecule has 2 aliphatic rings. The van der Waals surface area contributed by atoms with Crippen LogP contribution in [-0.2, 0) is 19.1 Å². The van der Waals surface area contributed by atoms with Crippen LogP contribution in [-0.4, -0.2) is 44.7 Å². The lowest BCUT2D eigenvalue weighted by Crippen LogP contribution is -2.38. The number of amides is 1. The molecule has 0 aromatic carbocycles. The first-order valence-corrected chi connectivity index (χ1v) is 10.4. The summed E-state index contributed by atoms with van der Waals surface area (Å²) in [6.45, 7) is 4.06. The molecule has 0 radical (unpaired) electrons. The van der Waals surface area contributed by atoms with Crippen LogP contribution < -0.4 is 5.32 Å². The van der Waals surface area contributed by atoms with Crippen LogP contribution >= 0.6 is 0 Å². The summed E-state index contributed by atoms with van der Waals surface area (Å²) < 4.78 is 11.0. The number of rotatable bonds is 10. The smallest absolute Gasteiger partial charge is 0.220 e. The van der Waals surface area contributed by atoms with E-state index in [0.29, 0.717) is 24.7 Å². The number of nitrogens with one attached hydrogen (secondary N) is 1. The molecular formula is C21H37NO4. The maximum Gasteiger partial charge on any atom is 0.220 e. The van der Waals surface area contributed by atoms with Gasteiger partial charge in [-0.15, -0.1) is 0 Å². The number of hydrogen-bond acceptors (Lipinski definition) is 4. The van der Waals surface area contributed by atoms with Crippen LogP contribution in [0.15, 0.2) is 0 Å². The third kappa shape index (κ3) is 7.75. The van der Waals surface area contributed by atoms with Gasteiger partial charge in [0.15, 0.2) is 0 Å². The molecule has 5 nitrogen and oxygen atoms in total. The van der Waals surface area contributed by atoms with E-state index in [4.69, 9.17) is 9.47 Å². The van der Waals surface area contributed by atoms with Gasteiger partial charge in [0.05, 0.1) is 0 Å². The topological polar surface area (TPSA) is 64.6 Å². The zero-order valence-corrected chi connectivity index (χ0v) is 16.6. The molecule has 2 saturated carbocycles. The molecule has 0 atom stereocenters. The standard InChI is InChI=1S/C21H37NO4/c1-16(23)19-9-11-20(12-10-19)22-21(24)4-3-13-26-15-18-7-5-17(6-8-18)14-25-2/h17-20H,3-15H2,1-2H3,(H,22,24)/t17-,18+,19-,20+. The second-order valence-corrected chi connectivity index (χ2v) is 8.25. The molecule has 0 aliphatic heterocycles. The fraction of sp³-hybridized carbons (Fsp3) is 0.905. The Bertz CT molecular complexity index is 424. The first-order valence-electron chi connectivity index (χ1n) is 10.4. The predicted octanol–water partition coefficient (Wildman–Crippen LogP) is 3.50. The van der Waals surface area contributed by atoms with Crippen molar-refractivity contribution in [3.8, 4) is 0 Å². The summed E-state index contributed by atoms with van der Waals surface area (Å²) in [4.78, 5) is 23.4. The van der Waals surface area contributed by atoms with Gasteiger partial charge in [0.1, 0.15) is 5.78 Å². The molecule has 0 spiro atoms. The lowest BCUT2D eigenvalue weighted by Gasteiger charge is -2.28. The maximum absolute atomic E-state index is 12.0. The Morgan fingerprint density at radius 3 is 2.12 bits per heavy atom. The SMILES string of the molecule is COC[C@H]1CC[C@@H](COCCCC(=O)N[C@H]2CC[C@@H](C(C)=O)CC2)CC1. The number of Topliss-reactive ketones (excluding diaryl/α,β-unsaturated/α-hetero) is 1. The van der Waals surface area contributed by atoms with Crippen molar-refractivity contribution in [2.24, 2.45) is 17.8 Å². The van der Waals surface area contributed by atoms with Gasteiger partial charge in [-0.05, 0) is 76.5 Å². The van der Waals surface area contributed by atoms with E-state index in [1.54, 1.807) is 14.0 Å². The summed E-state index contributed by atoms with van der Waals surface area (Å²) in [5.41, 5.74) is 0. The van der Waals surface area contributed by atoms with E-state index < -0.39 is 0 Å². The number of ether oxygens (including phenoxy) is 2. The van der Waals surface area contributed by atoms with Crippen molar-refractivity contribution in [2.75, 3.05) is 26.9 Å². The van der Waals surface area contributed by atoms with Crippen molar-refractivity contribution in [3.05, 3.63) is 0 Å². The summed E-state index contributed by atoms with van der Waals surface area (Å²) in [7, 11) is 1.78. The third-order valence-corrected chi connectivity index (χ3v) is 6.08. The van der Waals surface area contributed by atoms with Gasteiger partial charge in [0, 0.05) is 45.3 Å². The summed E-state index contributed by atoms with van der Waals surface area (Å²) in [5, 5.41) is 3.12.